The maximum atomic E-state index is 13.6. The number of carboxylic acid groups (broad SMARTS) is 1. The Labute approximate surface area is 128 Å². The third kappa shape index (κ3) is 6.12. The zero-order valence-electron chi connectivity index (χ0n) is 12.0. The predicted molar refractivity (Wildman–Crippen MR) is 78.9 cm³/mol. The fourth-order valence-electron chi connectivity index (χ4n) is 2.16. The molecule has 0 aromatic heterocycles. The molecule has 6 heteroatoms. The van der Waals surface area contributed by atoms with Crippen LogP contribution in [0.2, 0.25) is 5.02 Å². The Morgan fingerprint density at radius 3 is 2.57 bits per heavy atom. The molecule has 0 unspecified atom stereocenters. The quantitative estimate of drug-likeness (QED) is 0.811. The first-order valence-electron chi connectivity index (χ1n) is 6.74. The molecule has 0 saturated heterocycles. The Kier molecular flexibility index (Phi) is 6.62. The number of hydrogen-bond donors (Lipinski definition) is 2. The summed E-state index contributed by atoms with van der Waals surface area (Å²) in [6.45, 7) is 4.16. The lowest BCUT2D eigenvalue weighted by Crippen LogP contribution is -2.31. The van der Waals surface area contributed by atoms with Crippen LogP contribution < -0.4 is 5.32 Å². The van der Waals surface area contributed by atoms with Gasteiger partial charge in [0.1, 0.15) is 5.82 Å². The topological polar surface area (TPSA) is 66.4 Å². The highest BCUT2D eigenvalue weighted by Gasteiger charge is 2.18. The van der Waals surface area contributed by atoms with Crippen LogP contribution in [-0.4, -0.2) is 23.5 Å². The average Bonchev–Trinajstić information content (AvgIpc) is 2.34. The molecule has 1 amide bonds. The van der Waals surface area contributed by atoms with Crippen molar-refractivity contribution < 1.29 is 19.1 Å². The Bertz CT molecular complexity index is 520. The van der Waals surface area contributed by atoms with E-state index in [-0.39, 0.29) is 29.5 Å². The van der Waals surface area contributed by atoms with Crippen LogP contribution in [0.4, 0.5) is 4.39 Å². The van der Waals surface area contributed by atoms with Crippen LogP contribution in [0.5, 0.6) is 0 Å². The average molecular weight is 316 g/mol. The number of benzene rings is 1. The molecule has 1 rings (SSSR count). The molecule has 1 aromatic carbocycles. The first-order valence-corrected chi connectivity index (χ1v) is 7.12. The van der Waals surface area contributed by atoms with Gasteiger partial charge < -0.3 is 10.4 Å². The summed E-state index contributed by atoms with van der Waals surface area (Å²) in [6, 6.07) is 3.81. The van der Waals surface area contributed by atoms with Crippen molar-refractivity contribution in [1.82, 2.24) is 5.32 Å². The lowest BCUT2D eigenvalue weighted by Gasteiger charge is -2.18. The van der Waals surface area contributed by atoms with Gasteiger partial charge in [0.2, 0.25) is 0 Å². The number of amides is 1. The fourth-order valence-corrected chi connectivity index (χ4v) is 2.32. The predicted octanol–water partition coefficient (Wildman–Crippen LogP) is 3.35. The number of aliphatic carboxylic acids is 1. The number of carboxylic acids is 1. The van der Waals surface area contributed by atoms with Gasteiger partial charge in [-0.15, -0.1) is 0 Å². The van der Waals surface area contributed by atoms with E-state index in [1.165, 1.54) is 12.1 Å². The number of rotatable bonds is 7. The van der Waals surface area contributed by atoms with E-state index < -0.39 is 17.7 Å². The molecule has 21 heavy (non-hydrogen) atoms. The number of halogens is 2. The Morgan fingerprint density at radius 1 is 1.38 bits per heavy atom. The van der Waals surface area contributed by atoms with Crippen LogP contribution in [0, 0.1) is 17.7 Å². The molecule has 0 fully saturated rings. The van der Waals surface area contributed by atoms with E-state index in [2.05, 4.69) is 5.32 Å². The molecule has 1 aromatic rings. The van der Waals surface area contributed by atoms with E-state index in [9.17, 15) is 14.0 Å². The SMILES string of the molecule is CC(C)C[C@H](CNC(=O)c1ccc(Cl)cc1F)CC(=O)O. The second-order valence-electron chi connectivity index (χ2n) is 5.43. The Hall–Kier alpha value is -1.62. The van der Waals surface area contributed by atoms with Crippen LogP contribution in [0.3, 0.4) is 0 Å². The molecule has 0 spiro atoms. The monoisotopic (exact) mass is 315 g/mol. The number of hydrogen-bond acceptors (Lipinski definition) is 2. The third-order valence-corrected chi connectivity index (χ3v) is 3.23. The number of carbonyl (C=O) groups excluding carboxylic acids is 1. The molecule has 0 aliphatic carbocycles. The molecule has 0 saturated carbocycles. The van der Waals surface area contributed by atoms with Crippen LogP contribution in [-0.2, 0) is 4.79 Å². The summed E-state index contributed by atoms with van der Waals surface area (Å²) in [5, 5.41) is 11.7. The van der Waals surface area contributed by atoms with E-state index >= 15 is 0 Å². The molecule has 1 atom stereocenters. The van der Waals surface area contributed by atoms with Gasteiger partial charge in [-0.25, -0.2) is 4.39 Å². The first kappa shape index (κ1) is 17.4. The summed E-state index contributed by atoms with van der Waals surface area (Å²) in [5.41, 5.74) is -0.0991. The molecule has 0 aliphatic heterocycles. The van der Waals surface area contributed by atoms with Crippen molar-refractivity contribution >= 4 is 23.5 Å². The lowest BCUT2D eigenvalue weighted by atomic mass is 9.94. The van der Waals surface area contributed by atoms with Gasteiger partial charge in [0.05, 0.1) is 5.56 Å². The summed E-state index contributed by atoms with van der Waals surface area (Å²) in [4.78, 5) is 22.7. The van der Waals surface area contributed by atoms with Gasteiger partial charge in [-0.3, -0.25) is 9.59 Å². The van der Waals surface area contributed by atoms with Crippen molar-refractivity contribution in [2.24, 2.45) is 11.8 Å². The zero-order valence-corrected chi connectivity index (χ0v) is 12.8. The highest BCUT2D eigenvalue weighted by Crippen LogP contribution is 2.17. The Morgan fingerprint density at radius 2 is 2.05 bits per heavy atom. The van der Waals surface area contributed by atoms with Crippen molar-refractivity contribution in [2.45, 2.75) is 26.7 Å². The molecule has 0 aliphatic rings. The van der Waals surface area contributed by atoms with Crippen molar-refractivity contribution in [1.29, 1.82) is 0 Å². The second-order valence-corrected chi connectivity index (χ2v) is 5.86. The van der Waals surface area contributed by atoms with Crippen LogP contribution in [0.15, 0.2) is 18.2 Å². The summed E-state index contributed by atoms with van der Waals surface area (Å²) in [5.74, 6) is -2.03. The Balaban J connectivity index is 2.65. The highest BCUT2D eigenvalue weighted by molar-refractivity contribution is 6.30. The standard InChI is InChI=1S/C15H19ClFNO3/c1-9(2)5-10(6-14(19)20)8-18-15(21)12-4-3-11(16)7-13(12)17/h3-4,7,9-10H,5-6,8H2,1-2H3,(H,18,21)(H,19,20)/t10-/m0/s1. The summed E-state index contributed by atoms with van der Waals surface area (Å²) >= 11 is 5.63. The maximum Gasteiger partial charge on any atom is 0.303 e. The van der Waals surface area contributed by atoms with E-state index in [1.54, 1.807) is 0 Å². The number of carbonyl (C=O) groups is 2. The van der Waals surface area contributed by atoms with Gasteiger partial charge in [-0.2, -0.15) is 0 Å². The van der Waals surface area contributed by atoms with Crippen LogP contribution >= 0.6 is 11.6 Å². The minimum Gasteiger partial charge on any atom is -0.481 e. The molecule has 0 radical (unpaired) electrons. The van der Waals surface area contributed by atoms with Crippen molar-refractivity contribution in [3.8, 4) is 0 Å². The van der Waals surface area contributed by atoms with E-state index in [0.29, 0.717) is 12.3 Å². The fraction of sp³-hybridized carbons (Fsp3) is 0.467. The van der Waals surface area contributed by atoms with Crippen molar-refractivity contribution in [3.05, 3.63) is 34.6 Å². The highest BCUT2D eigenvalue weighted by atomic mass is 35.5. The van der Waals surface area contributed by atoms with Crippen molar-refractivity contribution in [3.63, 3.8) is 0 Å². The van der Waals surface area contributed by atoms with Crippen LogP contribution in [0.25, 0.3) is 0 Å². The van der Waals surface area contributed by atoms with E-state index in [1.807, 2.05) is 13.8 Å². The van der Waals surface area contributed by atoms with Gasteiger partial charge in [-0.05, 0) is 36.5 Å². The molecule has 0 bridgehead atoms. The molecule has 2 N–H and O–H groups in total. The van der Waals surface area contributed by atoms with Gasteiger partial charge in [0.15, 0.2) is 0 Å². The molecular weight excluding hydrogens is 297 g/mol. The molecular formula is C15H19ClFNO3. The largest absolute Gasteiger partial charge is 0.481 e. The summed E-state index contributed by atoms with van der Waals surface area (Å²) in [6.07, 6.45) is 0.650. The van der Waals surface area contributed by atoms with Gasteiger partial charge in [0.25, 0.3) is 5.91 Å². The summed E-state index contributed by atoms with van der Waals surface area (Å²) in [7, 11) is 0. The zero-order chi connectivity index (χ0) is 16.0. The molecule has 0 heterocycles. The van der Waals surface area contributed by atoms with E-state index in [0.717, 1.165) is 6.07 Å². The van der Waals surface area contributed by atoms with Crippen LogP contribution in [0.1, 0.15) is 37.0 Å². The maximum absolute atomic E-state index is 13.6. The molecule has 4 nitrogen and oxygen atoms in total. The minimum atomic E-state index is -0.910. The second kappa shape index (κ2) is 7.98. The minimum absolute atomic E-state index is 0.0262. The smallest absolute Gasteiger partial charge is 0.303 e. The van der Waals surface area contributed by atoms with E-state index in [4.69, 9.17) is 16.7 Å². The van der Waals surface area contributed by atoms with Gasteiger partial charge >= 0.3 is 5.97 Å². The normalized spacial score (nSPS) is 12.2. The van der Waals surface area contributed by atoms with Gasteiger partial charge in [-0.1, -0.05) is 25.4 Å². The lowest BCUT2D eigenvalue weighted by molar-refractivity contribution is -0.138. The van der Waals surface area contributed by atoms with Crippen molar-refractivity contribution in [2.75, 3.05) is 6.54 Å². The summed E-state index contributed by atoms with van der Waals surface area (Å²) < 4.78 is 13.6. The van der Waals surface area contributed by atoms with Gasteiger partial charge in [0, 0.05) is 18.0 Å². The first-order chi connectivity index (χ1) is 9.79. The number of nitrogens with one attached hydrogen (secondary N) is 1. The molecule has 116 valence electrons. The third-order valence-electron chi connectivity index (χ3n) is 3.00.